The first-order valence-electron chi connectivity index (χ1n) is 10.7. The summed E-state index contributed by atoms with van der Waals surface area (Å²) in [5.74, 6) is -1.72. The van der Waals surface area contributed by atoms with Gasteiger partial charge in [-0.05, 0) is 64.8 Å². The number of anilines is 1. The topological polar surface area (TPSA) is 117 Å². The predicted octanol–water partition coefficient (Wildman–Crippen LogP) is 4.30. The van der Waals surface area contributed by atoms with Gasteiger partial charge in [0.1, 0.15) is 12.2 Å². The van der Waals surface area contributed by atoms with Crippen LogP contribution in [-0.2, 0) is 39.9 Å². The molecule has 1 aromatic rings. The lowest BCUT2D eigenvalue weighted by molar-refractivity contribution is -0.145. The monoisotopic (exact) mass is 463 g/mol. The highest BCUT2D eigenvalue weighted by Gasteiger charge is 2.20. The SMILES string of the molecule is CCOC(=O)CC(=Cc1ccc(NC(=O)OC(C)(C)C)c(C)c1COC(C)=O)C(=O)OCC. The molecule has 0 bridgehead atoms. The Labute approximate surface area is 194 Å². The molecule has 0 fully saturated rings. The summed E-state index contributed by atoms with van der Waals surface area (Å²) >= 11 is 0. The molecule has 0 aromatic heterocycles. The zero-order valence-electron chi connectivity index (χ0n) is 20.3. The van der Waals surface area contributed by atoms with Crippen LogP contribution in [0.25, 0.3) is 6.08 Å². The summed E-state index contributed by atoms with van der Waals surface area (Å²) in [5.41, 5.74) is 1.54. The van der Waals surface area contributed by atoms with E-state index < -0.39 is 29.6 Å². The highest BCUT2D eigenvalue weighted by molar-refractivity contribution is 5.98. The van der Waals surface area contributed by atoms with E-state index in [1.54, 1.807) is 53.7 Å². The Balaban J connectivity index is 3.44. The molecule has 0 spiro atoms. The Hall–Kier alpha value is -3.36. The van der Waals surface area contributed by atoms with Gasteiger partial charge in [-0.1, -0.05) is 6.07 Å². The molecule has 0 saturated heterocycles. The minimum atomic E-state index is -0.678. The third kappa shape index (κ3) is 9.76. The molecule has 0 unspecified atom stereocenters. The van der Waals surface area contributed by atoms with Crippen LogP contribution >= 0.6 is 0 Å². The van der Waals surface area contributed by atoms with Crippen molar-refractivity contribution in [1.82, 2.24) is 0 Å². The van der Waals surface area contributed by atoms with Crippen molar-refractivity contribution >= 4 is 35.8 Å². The molecule has 9 nitrogen and oxygen atoms in total. The molecule has 0 saturated carbocycles. The van der Waals surface area contributed by atoms with Crippen molar-refractivity contribution in [2.45, 2.75) is 67.1 Å². The average Bonchev–Trinajstić information content (AvgIpc) is 2.67. The zero-order chi connectivity index (χ0) is 25.2. The standard InChI is InChI=1S/C24H33NO8/c1-8-30-21(27)13-18(22(28)31-9-2)12-17-10-11-20(25-23(29)33-24(5,6)7)15(3)19(17)14-32-16(4)26/h10-12H,8-9,13-14H2,1-7H3,(H,25,29). The van der Waals surface area contributed by atoms with Crippen molar-refractivity contribution < 1.29 is 38.1 Å². The van der Waals surface area contributed by atoms with Gasteiger partial charge in [0.05, 0.1) is 19.6 Å². The van der Waals surface area contributed by atoms with Gasteiger partial charge in [-0.3, -0.25) is 14.9 Å². The van der Waals surface area contributed by atoms with E-state index in [2.05, 4.69) is 5.32 Å². The van der Waals surface area contributed by atoms with E-state index in [1.807, 2.05) is 0 Å². The molecule has 33 heavy (non-hydrogen) atoms. The van der Waals surface area contributed by atoms with Crippen LogP contribution in [0.1, 0.15) is 64.7 Å². The summed E-state index contributed by atoms with van der Waals surface area (Å²) < 4.78 is 20.5. The Bertz CT molecular complexity index is 912. The number of benzene rings is 1. The highest BCUT2D eigenvalue weighted by Crippen LogP contribution is 2.27. The van der Waals surface area contributed by atoms with Crippen molar-refractivity contribution in [2.75, 3.05) is 18.5 Å². The average molecular weight is 464 g/mol. The maximum Gasteiger partial charge on any atom is 0.412 e. The second-order valence-electron chi connectivity index (χ2n) is 8.08. The molecule has 1 rings (SSSR count). The number of carbonyl (C=O) groups excluding carboxylic acids is 4. The summed E-state index contributed by atoms with van der Waals surface area (Å²) in [6, 6.07) is 3.28. The fourth-order valence-corrected chi connectivity index (χ4v) is 2.79. The first-order chi connectivity index (χ1) is 15.4. The molecule has 0 aliphatic carbocycles. The number of rotatable bonds is 9. The normalized spacial score (nSPS) is 11.4. The van der Waals surface area contributed by atoms with Crippen LogP contribution in [0, 0.1) is 6.92 Å². The molecule has 182 valence electrons. The van der Waals surface area contributed by atoms with Crippen LogP contribution in [0.3, 0.4) is 0 Å². The molecular formula is C24H33NO8. The van der Waals surface area contributed by atoms with E-state index in [-0.39, 0.29) is 31.8 Å². The first-order valence-corrected chi connectivity index (χ1v) is 10.7. The lowest BCUT2D eigenvalue weighted by atomic mass is 9.97. The van der Waals surface area contributed by atoms with Crippen molar-refractivity contribution in [2.24, 2.45) is 0 Å². The third-order valence-electron chi connectivity index (χ3n) is 4.20. The van der Waals surface area contributed by atoms with E-state index in [1.165, 1.54) is 13.0 Å². The predicted molar refractivity (Wildman–Crippen MR) is 122 cm³/mol. The zero-order valence-corrected chi connectivity index (χ0v) is 20.3. The fraction of sp³-hybridized carbons (Fsp3) is 0.500. The van der Waals surface area contributed by atoms with E-state index in [9.17, 15) is 19.2 Å². The van der Waals surface area contributed by atoms with Gasteiger partial charge in [0, 0.05) is 23.7 Å². The molecule has 1 aromatic carbocycles. The van der Waals surface area contributed by atoms with Crippen LogP contribution in [0.2, 0.25) is 0 Å². The smallest absolute Gasteiger partial charge is 0.412 e. The number of hydrogen-bond donors (Lipinski definition) is 1. The van der Waals surface area contributed by atoms with Crippen molar-refractivity contribution in [3.05, 3.63) is 34.4 Å². The number of nitrogens with one attached hydrogen (secondary N) is 1. The summed E-state index contributed by atoms with van der Waals surface area (Å²) in [6.07, 6.45) is 0.580. The second kappa shape index (κ2) is 12.6. The summed E-state index contributed by atoms with van der Waals surface area (Å²) in [4.78, 5) is 48.1. The van der Waals surface area contributed by atoms with Gasteiger partial charge in [-0.25, -0.2) is 9.59 Å². The van der Waals surface area contributed by atoms with E-state index >= 15 is 0 Å². The van der Waals surface area contributed by atoms with E-state index in [0.717, 1.165) is 0 Å². The Morgan fingerprint density at radius 3 is 2.18 bits per heavy atom. The Kier molecular flexibility index (Phi) is 10.6. The number of carbonyl (C=O) groups is 4. The van der Waals surface area contributed by atoms with Gasteiger partial charge in [0.2, 0.25) is 0 Å². The lowest BCUT2D eigenvalue weighted by Crippen LogP contribution is -2.27. The second-order valence-corrected chi connectivity index (χ2v) is 8.08. The Morgan fingerprint density at radius 1 is 1.00 bits per heavy atom. The van der Waals surface area contributed by atoms with Gasteiger partial charge in [-0.15, -0.1) is 0 Å². The maximum absolute atomic E-state index is 12.4. The summed E-state index contributed by atoms with van der Waals surface area (Å²) in [6.45, 7) is 11.8. The molecule has 0 radical (unpaired) electrons. The number of esters is 3. The van der Waals surface area contributed by atoms with Crippen LogP contribution in [-0.4, -0.2) is 42.8 Å². The molecule has 0 aliphatic rings. The minimum Gasteiger partial charge on any atom is -0.466 e. The van der Waals surface area contributed by atoms with Crippen LogP contribution in [0.15, 0.2) is 17.7 Å². The van der Waals surface area contributed by atoms with Gasteiger partial charge in [-0.2, -0.15) is 0 Å². The van der Waals surface area contributed by atoms with Gasteiger partial charge in [0.25, 0.3) is 0 Å². The van der Waals surface area contributed by atoms with Gasteiger partial charge < -0.3 is 18.9 Å². The van der Waals surface area contributed by atoms with Crippen LogP contribution in [0.5, 0.6) is 0 Å². The van der Waals surface area contributed by atoms with E-state index in [0.29, 0.717) is 22.4 Å². The molecule has 0 aliphatic heterocycles. The van der Waals surface area contributed by atoms with Crippen molar-refractivity contribution in [1.29, 1.82) is 0 Å². The van der Waals surface area contributed by atoms with E-state index in [4.69, 9.17) is 18.9 Å². The van der Waals surface area contributed by atoms with Crippen molar-refractivity contribution in [3.8, 4) is 0 Å². The minimum absolute atomic E-state index is 0.0895. The fourth-order valence-electron chi connectivity index (χ4n) is 2.79. The van der Waals surface area contributed by atoms with Crippen LogP contribution < -0.4 is 5.32 Å². The van der Waals surface area contributed by atoms with Gasteiger partial charge >= 0.3 is 24.0 Å². The molecular weight excluding hydrogens is 430 g/mol. The largest absolute Gasteiger partial charge is 0.466 e. The first kappa shape index (κ1) is 27.7. The number of hydrogen-bond acceptors (Lipinski definition) is 8. The molecule has 0 atom stereocenters. The summed E-state index contributed by atoms with van der Waals surface area (Å²) in [7, 11) is 0. The number of amides is 1. The van der Waals surface area contributed by atoms with Gasteiger partial charge in [0.15, 0.2) is 0 Å². The van der Waals surface area contributed by atoms with Crippen LogP contribution in [0.4, 0.5) is 10.5 Å². The molecule has 1 amide bonds. The molecule has 1 N–H and O–H groups in total. The lowest BCUT2D eigenvalue weighted by Gasteiger charge is -2.21. The van der Waals surface area contributed by atoms with Crippen molar-refractivity contribution in [3.63, 3.8) is 0 Å². The number of ether oxygens (including phenoxy) is 4. The highest BCUT2D eigenvalue weighted by atomic mass is 16.6. The molecule has 0 heterocycles. The summed E-state index contributed by atoms with van der Waals surface area (Å²) in [5, 5.41) is 2.68. The quantitative estimate of drug-likeness (QED) is 0.327. The third-order valence-corrected chi connectivity index (χ3v) is 4.20. The maximum atomic E-state index is 12.4. The molecule has 9 heteroatoms. The Morgan fingerprint density at radius 2 is 1.64 bits per heavy atom.